The normalized spacial score (nSPS) is 32.2. The number of nitrogens with zero attached hydrogens (tertiary/aromatic N) is 1. The van der Waals surface area contributed by atoms with Crippen LogP contribution in [-0.4, -0.2) is 35.2 Å². The highest BCUT2D eigenvalue weighted by Crippen LogP contribution is 2.37. The Hall–Kier alpha value is -0.770. The zero-order valence-corrected chi connectivity index (χ0v) is 11.8. The first-order chi connectivity index (χ1) is 8.40. The maximum Gasteiger partial charge on any atom is 0.410 e. The van der Waals surface area contributed by atoms with Gasteiger partial charge in [0.05, 0.1) is 0 Å². The molecule has 2 N–H and O–H groups in total. The number of piperidine rings is 2. The van der Waals surface area contributed by atoms with Crippen LogP contribution in [0.15, 0.2) is 0 Å². The molecule has 2 fully saturated rings. The molecule has 0 aromatic carbocycles. The zero-order valence-electron chi connectivity index (χ0n) is 11.8. The van der Waals surface area contributed by atoms with Gasteiger partial charge < -0.3 is 15.4 Å². The van der Waals surface area contributed by atoms with Gasteiger partial charge in [-0.3, -0.25) is 0 Å². The number of carbonyl (C=O) groups excluding carboxylic acids is 1. The van der Waals surface area contributed by atoms with Crippen LogP contribution in [-0.2, 0) is 4.74 Å². The number of hydrogen-bond donors (Lipinski definition) is 1. The summed E-state index contributed by atoms with van der Waals surface area (Å²) in [5.74, 6) is 0.582. The van der Waals surface area contributed by atoms with Crippen LogP contribution in [0.3, 0.4) is 0 Å². The van der Waals surface area contributed by atoms with Crippen LogP contribution in [0.4, 0.5) is 4.79 Å². The molecule has 2 rings (SSSR count). The van der Waals surface area contributed by atoms with E-state index in [9.17, 15) is 4.79 Å². The molecule has 2 aliphatic heterocycles. The van der Waals surface area contributed by atoms with E-state index in [0.29, 0.717) is 18.0 Å². The molecule has 0 aromatic rings. The average Bonchev–Trinajstić information content (AvgIpc) is 2.24. The van der Waals surface area contributed by atoms with Crippen LogP contribution in [0, 0.1) is 5.92 Å². The van der Waals surface area contributed by atoms with Crippen LogP contribution in [0.1, 0.15) is 52.9 Å². The number of amides is 1. The van der Waals surface area contributed by atoms with Crippen LogP contribution in [0.25, 0.3) is 0 Å². The van der Waals surface area contributed by atoms with E-state index in [-0.39, 0.29) is 6.09 Å². The zero-order chi connectivity index (χ0) is 13.3. The maximum absolute atomic E-state index is 12.3. The minimum atomic E-state index is -0.407. The molecule has 0 aromatic heterocycles. The minimum absolute atomic E-state index is 0.132. The fourth-order valence-corrected chi connectivity index (χ4v) is 3.30. The molecule has 3 atom stereocenters. The summed E-state index contributed by atoms with van der Waals surface area (Å²) < 4.78 is 5.54. The topological polar surface area (TPSA) is 55.6 Å². The van der Waals surface area contributed by atoms with E-state index in [0.717, 1.165) is 32.2 Å². The fraction of sp³-hybridized carbons (Fsp3) is 0.929. The molecule has 18 heavy (non-hydrogen) atoms. The lowest BCUT2D eigenvalue weighted by Gasteiger charge is -2.48. The Labute approximate surface area is 110 Å². The minimum Gasteiger partial charge on any atom is -0.444 e. The van der Waals surface area contributed by atoms with E-state index in [2.05, 4.69) is 0 Å². The molecule has 2 aliphatic rings. The number of carbonyl (C=O) groups is 1. The molecule has 2 bridgehead atoms. The van der Waals surface area contributed by atoms with E-state index < -0.39 is 5.60 Å². The van der Waals surface area contributed by atoms with Gasteiger partial charge in [-0.25, -0.2) is 4.79 Å². The Bertz CT molecular complexity index is 297. The third-order valence-corrected chi connectivity index (χ3v) is 4.01. The quantitative estimate of drug-likeness (QED) is 0.782. The second kappa shape index (κ2) is 5.08. The monoisotopic (exact) mass is 254 g/mol. The molecular formula is C14H26N2O2. The van der Waals surface area contributed by atoms with E-state index in [4.69, 9.17) is 10.5 Å². The number of ether oxygens (including phenoxy) is 1. The van der Waals surface area contributed by atoms with Gasteiger partial charge in [0, 0.05) is 12.1 Å². The molecule has 1 amide bonds. The van der Waals surface area contributed by atoms with Crippen LogP contribution in [0.5, 0.6) is 0 Å². The Kier molecular flexibility index (Phi) is 3.85. The van der Waals surface area contributed by atoms with Crippen molar-refractivity contribution in [3.05, 3.63) is 0 Å². The molecule has 2 heterocycles. The average molecular weight is 254 g/mol. The number of fused-ring (bicyclic) bond motifs is 2. The maximum atomic E-state index is 12.3. The first kappa shape index (κ1) is 13.7. The molecule has 4 nitrogen and oxygen atoms in total. The van der Waals surface area contributed by atoms with E-state index >= 15 is 0 Å². The third kappa shape index (κ3) is 2.97. The first-order valence-corrected chi connectivity index (χ1v) is 7.12. The van der Waals surface area contributed by atoms with Gasteiger partial charge >= 0.3 is 6.09 Å². The molecule has 104 valence electrons. The number of hydrogen-bond acceptors (Lipinski definition) is 3. The summed E-state index contributed by atoms with van der Waals surface area (Å²) in [6.07, 6.45) is 5.40. The van der Waals surface area contributed by atoms with Crippen molar-refractivity contribution in [2.24, 2.45) is 11.7 Å². The molecule has 4 heteroatoms. The van der Waals surface area contributed by atoms with Crippen molar-refractivity contribution in [2.75, 3.05) is 6.54 Å². The first-order valence-electron chi connectivity index (χ1n) is 7.12. The van der Waals surface area contributed by atoms with Crippen LogP contribution in [0.2, 0.25) is 0 Å². The molecule has 1 unspecified atom stereocenters. The second-order valence-electron chi connectivity index (χ2n) is 6.70. The van der Waals surface area contributed by atoms with Crippen LogP contribution >= 0.6 is 0 Å². The fourth-order valence-electron chi connectivity index (χ4n) is 3.30. The van der Waals surface area contributed by atoms with Crippen molar-refractivity contribution in [1.29, 1.82) is 0 Å². The number of rotatable bonds is 1. The van der Waals surface area contributed by atoms with Gasteiger partial charge in [0.1, 0.15) is 5.60 Å². The predicted molar refractivity (Wildman–Crippen MR) is 71.3 cm³/mol. The SMILES string of the molecule is CC(C)(C)OC(=O)N1[C@@H]2CCC[C@H]1CC(CN)C2. The van der Waals surface area contributed by atoms with E-state index in [1.165, 1.54) is 6.42 Å². The Morgan fingerprint density at radius 2 is 1.83 bits per heavy atom. The van der Waals surface area contributed by atoms with Crippen molar-refractivity contribution < 1.29 is 9.53 Å². The molecule has 0 spiro atoms. The van der Waals surface area contributed by atoms with E-state index in [1.807, 2.05) is 25.7 Å². The smallest absolute Gasteiger partial charge is 0.410 e. The largest absolute Gasteiger partial charge is 0.444 e. The van der Waals surface area contributed by atoms with Gasteiger partial charge in [0.15, 0.2) is 0 Å². The predicted octanol–water partition coefficient (Wildman–Crippen LogP) is 2.51. The summed E-state index contributed by atoms with van der Waals surface area (Å²) >= 11 is 0. The Balaban J connectivity index is 2.06. The van der Waals surface area contributed by atoms with Gasteiger partial charge in [0.2, 0.25) is 0 Å². The van der Waals surface area contributed by atoms with Crippen molar-refractivity contribution >= 4 is 6.09 Å². The van der Waals surface area contributed by atoms with Crippen molar-refractivity contribution in [3.8, 4) is 0 Å². The summed E-state index contributed by atoms with van der Waals surface area (Å²) in [6.45, 7) is 6.52. The summed E-state index contributed by atoms with van der Waals surface area (Å²) in [7, 11) is 0. The highest BCUT2D eigenvalue weighted by molar-refractivity contribution is 5.69. The molecule has 0 radical (unpaired) electrons. The lowest BCUT2D eigenvalue weighted by Crippen LogP contribution is -2.56. The van der Waals surface area contributed by atoms with Crippen molar-refractivity contribution in [3.63, 3.8) is 0 Å². The van der Waals surface area contributed by atoms with Gasteiger partial charge in [-0.1, -0.05) is 0 Å². The van der Waals surface area contributed by atoms with Crippen molar-refractivity contribution in [1.82, 2.24) is 4.90 Å². The summed E-state index contributed by atoms with van der Waals surface area (Å²) in [4.78, 5) is 14.3. The highest BCUT2D eigenvalue weighted by Gasteiger charge is 2.41. The van der Waals surface area contributed by atoms with E-state index in [1.54, 1.807) is 0 Å². The Morgan fingerprint density at radius 3 is 2.28 bits per heavy atom. The van der Waals surface area contributed by atoms with Gasteiger partial charge in [-0.05, 0) is 65.3 Å². The summed E-state index contributed by atoms with van der Waals surface area (Å²) in [6, 6.07) is 0.696. The lowest BCUT2D eigenvalue weighted by molar-refractivity contribution is -0.0272. The van der Waals surface area contributed by atoms with Crippen molar-refractivity contribution in [2.45, 2.75) is 70.6 Å². The molecule has 2 saturated heterocycles. The third-order valence-electron chi connectivity index (χ3n) is 4.01. The summed E-state index contributed by atoms with van der Waals surface area (Å²) in [5.41, 5.74) is 5.39. The lowest BCUT2D eigenvalue weighted by atomic mass is 9.78. The molecule has 0 saturated carbocycles. The van der Waals surface area contributed by atoms with Gasteiger partial charge in [-0.15, -0.1) is 0 Å². The number of nitrogens with two attached hydrogens (primary N) is 1. The second-order valence-corrected chi connectivity index (χ2v) is 6.70. The van der Waals surface area contributed by atoms with Gasteiger partial charge in [0.25, 0.3) is 0 Å². The molecule has 0 aliphatic carbocycles. The Morgan fingerprint density at radius 1 is 1.28 bits per heavy atom. The highest BCUT2D eigenvalue weighted by atomic mass is 16.6. The standard InChI is InChI=1S/C14H26N2O2/c1-14(2,3)18-13(17)16-11-5-4-6-12(16)8-10(7-11)9-15/h10-12H,4-9,15H2,1-3H3/t10?,11-,12+. The molecular weight excluding hydrogens is 228 g/mol. The summed E-state index contributed by atoms with van der Waals surface area (Å²) in [5, 5.41) is 0. The van der Waals surface area contributed by atoms with Gasteiger partial charge in [-0.2, -0.15) is 0 Å². The van der Waals surface area contributed by atoms with Crippen LogP contribution < -0.4 is 5.73 Å².